The summed E-state index contributed by atoms with van der Waals surface area (Å²) in [6.07, 6.45) is 0. The lowest BCUT2D eigenvalue weighted by Crippen LogP contribution is -2.05. The number of rotatable bonds is 3. The molecule has 2 nitrogen and oxygen atoms in total. The van der Waals surface area contributed by atoms with Crippen LogP contribution in [0.1, 0.15) is 25.3 Å². The first-order chi connectivity index (χ1) is 6.56. The average molecular weight is 256 g/mol. The Morgan fingerprint density at radius 2 is 2.14 bits per heavy atom. The monoisotopic (exact) mass is 255 g/mol. The van der Waals surface area contributed by atoms with Crippen molar-refractivity contribution < 1.29 is 4.74 Å². The summed E-state index contributed by atoms with van der Waals surface area (Å²) in [6.45, 7) is 3.82. The van der Waals surface area contributed by atoms with Gasteiger partial charge in [0.25, 0.3) is 0 Å². The zero-order valence-corrected chi connectivity index (χ0v) is 10.2. The van der Waals surface area contributed by atoms with Crippen molar-refractivity contribution in [1.29, 1.82) is 5.41 Å². The van der Waals surface area contributed by atoms with Gasteiger partial charge in [-0.2, -0.15) is 0 Å². The van der Waals surface area contributed by atoms with Crippen molar-refractivity contribution in [2.45, 2.75) is 19.8 Å². The third-order valence-corrected chi connectivity index (χ3v) is 2.80. The number of ether oxygens (including phenoxy) is 1. The predicted octanol–water partition coefficient (Wildman–Crippen LogP) is 3.60. The van der Waals surface area contributed by atoms with Gasteiger partial charge in [0.15, 0.2) is 0 Å². The molecule has 1 aromatic rings. The number of methoxy groups -OCH3 is 1. The van der Waals surface area contributed by atoms with Crippen LogP contribution in [-0.2, 0) is 0 Å². The molecule has 0 aliphatic rings. The minimum Gasteiger partial charge on any atom is -0.496 e. The maximum Gasteiger partial charge on any atom is 0.122 e. The Morgan fingerprint density at radius 1 is 1.50 bits per heavy atom. The third kappa shape index (κ3) is 2.35. The fraction of sp³-hybridized carbons (Fsp3) is 0.364. The topological polar surface area (TPSA) is 33.1 Å². The molecule has 0 aromatic heterocycles. The summed E-state index contributed by atoms with van der Waals surface area (Å²) < 4.78 is 6.27. The maximum atomic E-state index is 7.61. The van der Waals surface area contributed by atoms with E-state index in [2.05, 4.69) is 15.9 Å². The highest BCUT2D eigenvalue weighted by Crippen LogP contribution is 2.29. The molecule has 0 spiro atoms. The molecule has 0 aliphatic heterocycles. The molecule has 76 valence electrons. The van der Waals surface area contributed by atoms with Gasteiger partial charge in [-0.3, -0.25) is 0 Å². The summed E-state index contributed by atoms with van der Waals surface area (Å²) in [5.41, 5.74) is 1.69. The summed E-state index contributed by atoms with van der Waals surface area (Å²) in [4.78, 5) is 0. The number of hydrogen-bond donors (Lipinski definition) is 1. The van der Waals surface area contributed by atoms with Crippen LogP contribution >= 0.6 is 15.9 Å². The van der Waals surface area contributed by atoms with E-state index in [1.165, 1.54) is 0 Å². The van der Waals surface area contributed by atoms with Crippen molar-refractivity contribution in [2.75, 3.05) is 7.11 Å². The lowest BCUT2D eigenvalue weighted by atomic mass is 9.96. The molecular weight excluding hydrogens is 242 g/mol. The van der Waals surface area contributed by atoms with Gasteiger partial charge in [-0.15, -0.1) is 0 Å². The molecule has 1 rings (SSSR count). The summed E-state index contributed by atoms with van der Waals surface area (Å²) in [5, 5.41) is 7.61. The molecule has 1 atom stereocenters. The molecule has 14 heavy (non-hydrogen) atoms. The zero-order valence-electron chi connectivity index (χ0n) is 8.60. The standard InChI is InChI=1S/C11H14BrNO/c1-7(8(2)13)10-6-9(12)4-5-11(10)14-3/h4-7,13H,1-3H3. The van der Waals surface area contributed by atoms with Gasteiger partial charge in [-0.05, 0) is 25.1 Å². The Bertz CT molecular complexity index is 349. The van der Waals surface area contributed by atoms with Gasteiger partial charge in [-0.25, -0.2) is 0 Å². The number of nitrogens with one attached hydrogen (secondary N) is 1. The van der Waals surface area contributed by atoms with Gasteiger partial charge in [0.2, 0.25) is 0 Å². The predicted molar refractivity (Wildman–Crippen MR) is 62.5 cm³/mol. The van der Waals surface area contributed by atoms with E-state index in [-0.39, 0.29) is 5.92 Å². The lowest BCUT2D eigenvalue weighted by molar-refractivity contribution is 0.409. The maximum absolute atomic E-state index is 7.61. The van der Waals surface area contributed by atoms with Crippen LogP contribution in [0.5, 0.6) is 5.75 Å². The van der Waals surface area contributed by atoms with Gasteiger partial charge in [0, 0.05) is 21.7 Å². The second-order valence-corrected chi connectivity index (χ2v) is 4.21. The summed E-state index contributed by atoms with van der Waals surface area (Å²) in [5.74, 6) is 0.940. The highest BCUT2D eigenvalue weighted by atomic mass is 79.9. The third-order valence-electron chi connectivity index (χ3n) is 2.31. The molecule has 1 unspecified atom stereocenters. The molecular formula is C11H14BrNO. The first-order valence-corrected chi connectivity index (χ1v) is 5.24. The van der Waals surface area contributed by atoms with Crippen LogP contribution in [0.3, 0.4) is 0 Å². The van der Waals surface area contributed by atoms with Crippen LogP contribution in [0.4, 0.5) is 0 Å². The Hall–Kier alpha value is -0.830. The van der Waals surface area contributed by atoms with E-state index in [0.717, 1.165) is 15.8 Å². The smallest absolute Gasteiger partial charge is 0.122 e. The minimum atomic E-state index is 0.0995. The van der Waals surface area contributed by atoms with Crippen molar-refractivity contribution in [1.82, 2.24) is 0 Å². The summed E-state index contributed by atoms with van der Waals surface area (Å²) >= 11 is 3.42. The van der Waals surface area contributed by atoms with Crippen molar-refractivity contribution in [3.8, 4) is 5.75 Å². The van der Waals surface area contributed by atoms with Gasteiger partial charge in [-0.1, -0.05) is 22.9 Å². The Balaban J connectivity index is 3.16. The second-order valence-electron chi connectivity index (χ2n) is 3.29. The molecule has 0 saturated heterocycles. The first-order valence-electron chi connectivity index (χ1n) is 4.44. The van der Waals surface area contributed by atoms with Crippen molar-refractivity contribution in [3.63, 3.8) is 0 Å². The molecule has 0 amide bonds. The van der Waals surface area contributed by atoms with Gasteiger partial charge >= 0.3 is 0 Å². The van der Waals surface area contributed by atoms with Gasteiger partial charge in [0.05, 0.1) is 7.11 Å². The molecule has 1 N–H and O–H groups in total. The van der Waals surface area contributed by atoms with Crippen molar-refractivity contribution >= 4 is 21.6 Å². The van der Waals surface area contributed by atoms with E-state index in [0.29, 0.717) is 5.71 Å². The number of benzene rings is 1. The Kier molecular flexibility index (Phi) is 3.69. The molecule has 0 aliphatic carbocycles. The molecule has 1 aromatic carbocycles. The quantitative estimate of drug-likeness (QED) is 0.823. The largest absolute Gasteiger partial charge is 0.496 e. The van der Waals surface area contributed by atoms with Gasteiger partial charge < -0.3 is 10.1 Å². The van der Waals surface area contributed by atoms with E-state index in [4.69, 9.17) is 10.1 Å². The average Bonchev–Trinajstić information content (AvgIpc) is 2.16. The van der Waals surface area contributed by atoms with E-state index in [1.807, 2.05) is 32.0 Å². The van der Waals surface area contributed by atoms with Crippen molar-refractivity contribution in [3.05, 3.63) is 28.2 Å². The van der Waals surface area contributed by atoms with Gasteiger partial charge in [0.1, 0.15) is 5.75 Å². The summed E-state index contributed by atoms with van der Waals surface area (Å²) in [6, 6.07) is 5.86. The summed E-state index contributed by atoms with van der Waals surface area (Å²) in [7, 11) is 1.65. The SMILES string of the molecule is COc1ccc(Br)cc1C(C)C(C)=N. The fourth-order valence-corrected chi connectivity index (χ4v) is 1.66. The molecule has 0 saturated carbocycles. The first kappa shape index (κ1) is 11.2. The van der Waals surface area contributed by atoms with Crippen LogP contribution in [0, 0.1) is 5.41 Å². The van der Waals surface area contributed by atoms with Crippen LogP contribution in [0.25, 0.3) is 0 Å². The minimum absolute atomic E-state index is 0.0995. The molecule has 0 radical (unpaired) electrons. The van der Waals surface area contributed by atoms with E-state index in [9.17, 15) is 0 Å². The number of halogens is 1. The van der Waals surface area contributed by atoms with Crippen LogP contribution in [0.15, 0.2) is 22.7 Å². The molecule has 0 bridgehead atoms. The lowest BCUT2D eigenvalue weighted by Gasteiger charge is -2.14. The Morgan fingerprint density at radius 3 is 2.64 bits per heavy atom. The Labute approximate surface area is 92.9 Å². The van der Waals surface area contributed by atoms with E-state index < -0.39 is 0 Å². The second kappa shape index (κ2) is 4.60. The van der Waals surface area contributed by atoms with Crippen LogP contribution < -0.4 is 4.74 Å². The van der Waals surface area contributed by atoms with Crippen LogP contribution in [-0.4, -0.2) is 12.8 Å². The highest BCUT2D eigenvalue weighted by molar-refractivity contribution is 9.10. The van der Waals surface area contributed by atoms with Crippen LogP contribution in [0.2, 0.25) is 0 Å². The molecule has 3 heteroatoms. The fourth-order valence-electron chi connectivity index (χ4n) is 1.28. The van der Waals surface area contributed by atoms with Crippen molar-refractivity contribution in [2.24, 2.45) is 0 Å². The van der Waals surface area contributed by atoms with E-state index in [1.54, 1.807) is 7.11 Å². The highest BCUT2D eigenvalue weighted by Gasteiger charge is 2.13. The molecule has 0 fully saturated rings. The zero-order chi connectivity index (χ0) is 10.7. The van der Waals surface area contributed by atoms with E-state index >= 15 is 0 Å². The number of hydrogen-bond acceptors (Lipinski definition) is 2. The molecule has 0 heterocycles. The normalized spacial score (nSPS) is 12.3.